The van der Waals surface area contributed by atoms with E-state index in [4.69, 9.17) is 9.84 Å². The van der Waals surface area contributed by atoms with Crippen LogP contribution in [-0.2, 0) is 6.42 Å². The van der Waals surface area contributed by atoms with Gasteiger partial charge in [-0.1, -0.05) is 12.1 Å². The highest BCUT2D eigenvalue weighted by molar-refractivity contribution is 5.27. The van der Waals surface area contributed by atoms with Crippen molar-refractivity contribution >= 4 is 0 Å². The van der Waals surface area contributed by atoms with Gasteiger partial charge in [-0.05, 0) is 43.5 Å². The normalized spacial score (nSPS) is 19.9. The summed E-state index contributed by atoms with van der Waals surface area (Å²) in [6, 6.07) is 8.79. The molecule has 16 heavy (non-hydrogen) atoms. The molecule has 88 valence electrons. The Morgan fingerprint density at radius 3 is 2.75 bits per heavy atom. The maximum atomic E-state index is 8.64. The zero-order valence-corrected chi connectivity index (χ0v) is 9.48. The van der Waals surface area contributed by atoms with Gasteiger partial charge in [-0.25, -0.2) is 0 Å². The second-order valence-electron chi connectivity index (χ2n) is 4.21. The van der Waals surface area contributed by atoms with Crippen molar-refractivity contribution in [3.8, 4) is 5.75 Å². The number of benzene rings is 1. The Balaban J connectivity index is 1.86. The number of hydrogen-bond acceptors (Lipinski definition) is 3. The quantitative estimate of drug-likeness (QED) is 0.788. The Morgan fingerprint density at radius 2 is 2.12 bits per heavy atom. The lowest BCUT2D eigenvalue weighted by Gasteiger charge is -2.10. The second-order valence-corrected chi connectivity index (χ2v) is 4.21. The monoisotopic (exact) mass is 221 g/mol. The average molecular weight is 221 g/mol. The summed E-state index contributed by atoms with van der Waals surface area (Å²) in [7, 11) is 0. The fraction of sp³-hybridized carbons (Fsp3) is 0.538. The maximum absolute atomic E-state index is 8.64. The molecular formula is C13H19NO2. The minimum absolute atomic E-state index is 0.0632. The van der Waals surface area contributed by atoms with E-state index >= 15 is 0 Å². The molecule has 2 rings (SSSR count). The van der Waals surface area contributed by atoms with E-state index in [9.17, 15) is 0 Å². The van der Waals surface area contributed by atoms with Crippen LogP contribution in [0.2, 0.25) is 0 Å². The summed E-state index contributed by atoms with van der Waals surface area (Å²) in [6.07, 6.45) is 3.67. The number of hydrogen-bond donors (Lipinski definition) is 2. The molecule has 1 aliphatic rings. The minimum Gasteiger partial charge on any atom is -0.491 e. The summed E-state index contributed by atoms with van der Waals surface area (Å²) < 4.78 is 5.31. The first-order valence-corrected chi connectivity index (χ1v) is 5.94. The highest BCUT2D eigenvalue weighted by Gasteiger charge is 2.13. The van der Waals surface area contributed by atoms with Gasteiger partial charge in [0.1, 0.15) is 12.4 Å². The van der Waals surface area contributed by atoms with Gasteiger partial charge < -0.3 is 15.2 Å². The first-order valence-electron chi connectivity index (χ1n) is 5.94. The molecule has 0 amide bonds. The fourth-order valence-corrected chi connectivity index (χ4v) is 2.10. The van der Waals surface area contributed by atoms with E-state index in [1.165, 1.54) is 18.4 Å². The van der Waals surface area contributed by atoms with E-state index in [0.717, 1.165) is 18.7 Å². The lowest BCUT2D eigenvalue weighted by Crippen LogP contribution is -2.23. The van der Waals surface area contributed by atoms with E-state index in [2.05, 4.69) is 17.4 Å². The van der Waals surface area contributed by atoms with Gasteiger partial charge in [-0.2, -0.15) is 0 Å². The molecule has 0 spiro atoms. The predicted octanol–water partition coefficient (Wildman–Crippen LogP) is 1.35. The van der Waals surface area contributed by atoms with Crippen LogP contribution in [0.1, 0.15) is 18.4 Å². The highest BCUT2D eigenvalue weighted by Crippen LogP contribution is 2.16. The van der Waals surface area contributed by atoms with Gasteiger partial charge in [0, 0.05) is 6.04 Å². The molecular weight excluding hydrogens is 202 g/mol. The van der Waals surface area contributed by atoms with E-state index in [-0.39, 0.29) is 6.61 Å². The van der Waals surface area contributed by atoms with Crippen LogP contribution < -0.4 is 10.1 Å². The van der Waals surface area contributed by atoms with Crippen molar-refractivity contribution in [1.82, 2.24) is 5.32 Å². The molecule has 1 unspecified atom stereocenters. The van der Waals surface area contributed by atoms with Crippen LogP contribution >= 0.6 is 0 Å². The number of ether oxygens (including phenoxy) is 1. The first-order chi connectivity index (χ1) is 7.88. The van der Waals surface area contributed by atoms with Gasteiger partial charge in [0.15, 0.2) is 0 Å². The molecule has 1 saturated heterocycles. The van der Waals surface area contributed by atoms with E-state index < -0.39 is 0 Å². The molecule has 0 aliphatic carbocycles. The van der Waals surface area contributed by atoms with Crippen LogP contribution in [-0.4, -0.2) is 30.9 Å². The van der Waals surface area contributed by atoms with Crippen molar-refractivity contribution in [3.05, 3.63) is 29.8 Å². The smallest absolute Gasteiger partial charge is 0.119 e. The molecule has 3 heteroatoms. The summed E-state index contributed by atoms with van der Waals surface area (Å²) in [5.74, 6) is 0.831. The van der Waals surface area contributed by atoms with Crippen LogP contribution in [0.25, 0.3) is 0 Å². The molecule has 1 atom stereocenters. The zero-order chi connectivity index (χ0) is 11.2. The number of aliphatic hydroxyl groups is 1. The Morgan fingerprint density at radius 1 is 1.31 bits per heavy atom. The lowest BCUT2D eigenvalue weighted by atomic mass is 10.0. The molecule has 1 aromatic carbocycles. The lowest BCUT2D eigenvalue weighted by molar-refractivity contribution is 0.201. The van der Waals surface area contributed by atoms with E-state index in [1.807, 2.05) is 12.1 Å². The number of nitrogens with one attached hydrogen (secondary N) is 1. The minimum atomic E-state index is 0.0632. The molecule has 3 nitrogen and oxygen atoms in total. The van der Waals surface area contributed by atoms with Crippen LogP contribution in [0.3, 0.4) is 0 Å². The zero-order valence-electron chi connectivity index (χ0n) is 9.48. The van der Waals surface area contributed by atoms with Crippen molar-refractivity contribution in [1.29, 1.82) is 0 Å². The molecule has 1 heterocycles. The molecule has 2 N–H and O–H groups in total. The molecule has 0 saturated carbocycles. The van der Waals surface area contributed by atoms with E-state index in [1.54, 1.807) is 0 Å². The van der Waals surface area contributed by atoms with Crippen LogP contribution in [0, 0.1) is 0 Å². The SMILES string of the molecule is OCCOc1ccc(CC2CCCN2)cc1. The maximum Gasteiger partial charge on any atom is 0.119 e. The van der Waals surface area contributed by atoms with Gasteiger partial charge in [0.2, 0.25) is 0 Å². The first kappa shape index (κ1) is 11.4. The second kappa shape index (κ2) is 5.87. The largest absolute Gasteiger partial charge is 0.491 e. The molecule has 1 fully saturated rings. The number of aliphatic hydroxyl groups excluding tert-OH is 1. The summed E-state index contributed by atoms with van der Waals surface area (Å²) in [6.45, 7) is 1.58. The molecule has 0 aromatic heterocycles. The Hall–Kier alpha value is -1.06. The third-order valence-electron chi connectivity index (χ3n) is 2.93. The molecule has 1 aliphatic heterocycles. The van der Waals surface area contributed by atoms with Gasteiger partial charge in [-0.15, -0.1) is 0 Å². The van der Waals surface area contributed by atoms with Crippen molar-refractivity contribution in [3.63, 3.8) is 0 Å². The average Bonchev–Trinajstić information content (AvgIpc) is 2.81. The predicted molar refractivity (Wildman–Crippen MR) is 63.8 cm³/mol. The van der Waals surface area contributed by atoms with Crippen LogP contribution in [0.15, 0.2) is 24.3 Å². The standard InChI is InChI=1S/C13H19NO2/c15-8-9-16-13-5-3-11(4-6-13)10-12-2-1-7-14-12/h3-6,12,14-15H,1-2,7-10H2. The van der Waals surface area contributed by atoms with E-state index in [0.29, 0.717) is 12.6 Å². The van der Waals surface area contributed by atoms with Gasteiger partial charge in [0.05, 0.1) is 6.61 Å². The highest BCUT2D eigenvalue weighted by atomic mass is 16.5. The Bertz CT molecular complexity index is 304. The summed E-state index contributed by atoms with van der Waals surface area (Å²) >= 11 is 0. The van der Waals surface area contributed by atoms with Gasteiger partial charge in [-0.3, -0.25) is 0 Å². The summed E-state index contributed by atoms with van der Waals surface area (Å²) in [5, 5.41) is 12.1. The third kappa shape index (κ3) is 3.22. The molecule has 0 bridgehead atoms. The summed E-state index contributed by atoms with van der Waals surface area (Å²) in [5.41, 5.74) is 1.34. The summed E-state index contributed by atoms with van der Waals surface area (Å²) in [4.78, 5) is 0. The third-order valence-corrected chi connectivity index (χ3v) is 2.93. The molecule has 1 aromatic rings. The topological polar surface area (TPSA) is 41.5 Å². The fourth-order valence-electron chi connectivity index (χ4n) is 2.10. The van der Waals surface area contributed by atoms with Crippen LogP contribution in [0.5, 0.6) is 5.75 Å². The van der Waals surface area contributed by atoms with Gasteiger partial charge in [0.25, 0.3) is 0 Å². The van der Waals surface area contributed by atoms with Crippen LogP contribution in [0.4, 0.5) is 0 Å². The Labute approximate surface area is 96.4 Å². The molecule has 0 radical (unpaired) electrons. The Kier molecular flexibility index (Phi) is 4.19. The number of rotatable bonds is 5. The van der Waals surface area contributed by atoms with Crippen molar-refractivity contribution in [2.75, 3.05) is 19.8 Å². The van der Waals surface area contributed by atoms with Crippen molar-refractivity contribution in [2.24, 2.45) is 0 Å². The van der Waals surface area contributed by atoms with Crippen molar-refractivity contribution < 1.29 is 9.84 Å². The van der Waals surface area contributed by atoms with Gasteiger partial charge >= 0.3 is 0 Å². The van der Waals surface area contributed by atoms with Crippen molar-refractivity contribution in [2.45, 2.75) is 25.3 Å².